The van der Waals surface area contributed by atoms with E-state index >= 15 is 0 Å². The molecule has 1 fully saturated rings. The van der Waals surface area contributed by atoms with Crippen LogP contribution in [-0.4, -0.2) is 96.4 Å². The van der Waals surface area contributed by atoms with Gasteiger partial charge in [-0.1, -0.05) is 0 Å². The Balaban J connectivity index is 0.000000415. The van der Waals surface area contributed by atoms with Crippen molar-refractivity contribution in [1.29, 1.82) is 0 Å². The van der Waals surface area contributed by atoms with Gasteiger partial charge in [0.1, 0.15) is 0 Å². The Hall–Kier alpha value is -4.63. The van der Waals surface area contributed by atoms with Gasteiger partial charge in [-0.05, 0) is 13.3 Å². The van der Waals surface area contributed by atoms with Gasteiger partial charge in [-0.3, -0.25) is 43.3 Å². The predicted molar refractivity (Wildman–Crippen MR) is 126 cm³/mol. The number of carbonyl (C=O) groups is 9. The van der Waals surface area contributed by atoms with Crippen molar-refractivity contribution in [1.82, 2.24) is 31.2 Å². The van der Waals surface area contributed by atoms with Gasteiger partial charge in [0.25, 0.3) is 23.6 Å². The van der Waals surface area contributed by atoms with Gasteiger partial charge in [-0.2, -0.15) is 0 Å². The standard InChI is InChI=1S/C12H16N4O7.C10H14N2O3/c17-7-13-5-8(18)15-6-9(19)14-4-3-12(22)23-16-10(20)1-2-11(16)21;1-2-11-8(13)4-3-7-12-9(14)5-6-10(12)15/h7H,1-6H2,(H,13,17)(H,14,19)(H,15,18);5-6H,2-4,7H2,1H3,(H,11,13). The molecular weight excluding hydrogens is 508 g/mol. The van der Waals surface area contributed by atoms with E-state index in [1.165, 1.54) is 12.2 Å². The van der Waals surface area contributed by atoms with E-state index in [0.29, 0.717) is 37.4 Å². The fraction of sp³-hybridized carbons (Fsp3) is 0.500. The smallest absolute Gasteiger partial charge is 0.334 e. The van der Waals surface area contributed by atoms with Gasteiger partial charge >= 0.3 is 5.97 Å². The van der Waals surface area contributed by atoms with Gasteiger partial charge in [0, 0.05) is 51.0 Å². The number of hydroxylamine groups is 2. The Kier molecular flexibility index (Phi) is 14.0. The average molecular weight is 539 g/mol. The number of amides is 8. The topological polar surface area (TPSA) is 217 Å². The molecule has 0 unspecified atom stereocenters. The van der Waals surface area contributed by atoms with Crippen molar-refractivity contribution in [3.05, 3.63) is 12.2 Å². The van der Waals surface area contributed by atoms with Crippen molar-refractivity contribution in [2.24, 2.45) is 0 Å². The van der Waals surface area contributed by atoms with Crippen LogP contribution in [0.1, 0.15) is 39.0 Å². The van der Waals surface area contributed by atoms with Gasteiger partial charge in [0.15, 0.2) is 0 Å². The zero-order chi connectivity index (χ0) is 28.5. The molecule has 0 aromatic rings. The van der Waals surface area contributed by atoms with Crippen molar-refractivity contribution in [3.8, 4) is 0 Å². The molecule has 38 heavy (non-hydrogen) atoms. The van der Waals surface area contributed by atoms with Gasteiger partial charge in [-0.25, -0.2) is 4.79 Å². The molecule has 2 rings (SSSR count). The van der Waals surface area contributed by atoms with E-state index in [2.05, 4.69) is 26.1 Å². The van der Waals surface area contributed by atoms with Gasteiger partial charge < -0.3 is 26.1 Å². The summed E-state index contributed by atoms with van der Waals surface area (Å²) in [6.45, 7) is 2.09. The molecule has 0 atom stereocenters. The Bertz CT molecular complexity index is 946. The number of nitrogens with zero attached hydrogens (tertiary/aromatic N) is 2. The monoisotopic (exact) mass is 538 g/mol. The van der Waals surface area contributed by atoms with Gasteiger partial charge in [0.05, 0.1) is 19.5 Å². The molecule has 2 heterocycles. The van der Waals surface area contributed by atoms with Crippen LogP contribution in [0.2, 0.25) is 0 Å². The summed E-state index contributed by atoms with van der Waals surface area (Å²) in [6, 6.07) is 0. The number of rotatable bonds is 14. The fourth-order valence-electron chi connectivity index (χ4n) is 2.88. The lowest BCUT2D eigenvalue weighted by Crippen LogP contribution is -2.41. The zero-order valence-corrected chi connectivity index (χ0v) is 20.8. The van der Waals surface area contributed by atoms with Crippen molar-refractivity contribution < 1.29 is 48.0 Å². The molecule has 0 radical (unpaired) electrons. The third-order valence-corrected chi connectivity index (χ3v) is 4.70. The van der Waals surface area contributed by atoms with Crippen LogP contribution < -0.4 is 21.3 Å². The summed E-state index contributed by atoms with van der Waals surface area (Å²) in [5, 5.41) is 9.78. The molecule has 2 aliphatic heterocycles. The highest BCUT2D eigenvalue weighted by atomic mass is 16.7. The van der Waals surface area contributed by atoms with E-state index in [4.69, 9.17) is 0 Å². The SMILES string of the molecule is CCNC(=O)CCCN1C(=O)C=CC1=O.O=CNCC(=O)NCC(=O)NCCC(=O)ON1C(=O)CCC1=O. The van der Waals surface area contributed by atoms with E-state index in [-0.39, 0.29) is 56.6 Å². The lowest BCUT2D eigenvalue weighted by atomic mass is 10.3. The van der Waals surface area contributed by atoms with E-state index < -0.39 is 29.6 Å². The highest BCUT2D eigenvalue weighted by Gasteiger charge is 2.32. The molecule has 8 amide bonds. The summed E-state index contributed by atoms with van der Waals surface area (Å²) < 4.78 is 0. The van der Waals surface area contributed by atoms with Crippen molar-refractivity contribution in [3.63, 3.8) is 0 Å². The normalized spacial score (nSPS) is 14.0. The second-order valence-electron chi connectivity index (χ2n) is 7.64. The van der Waals surface area contributed by atoms with Crippen LogP contribution in [0.25, 0.3) is 0 Å². The van der Waals surface area contributed by atoms with Crippen molar-refractivity contribution >= 4 is 53.7 Å². The molecule has 0 aromatic heterocycles. The number of hydrogen-bond donors (Lipinski definition) is 4. The molecule has 0 bridgehead atoms. The number of hydrogen-bond acceptors (Lipinski definition) is 10. The maximum atomic E-state index is 11.4. The third kappa shape index (κ3) is 11.9. The van der Waals surface area contributed by atoms with Crippen LogP contribution in [0.4, 0.5) is 0 Å². The van der Waals surface area contributed by atoms with E-state index in [1.54, 1.807) is 0 Å². The molecule has 0 aromatic carbocycles. The molecule has 0 spiro atoms. The molecule has 16 heteroatoms. The summed E-state index contributed by atoms with van der Waals surface area (Å²) in [6.07, 6.45) is 3.44. The number of imide groups is 2. The van der Waals surface area contributed by atoms with Crippen molar-refractivity contribution in [2.75, 3.05) is 32.7 Å². The highest BCUT2D eigenvalue weighted by Crippen LogP contribution is 2.12. The molecule has 4 N–H and O–H groups in total. The van der Waals surface area contributed by atoms with E-state index in [0.717, 1.165) is 4.90 Å². The Morgan fingerprint density at radius 2 is 1.47 bits per heavy atom. The first-order chi connectivity index (χ1) is 18.1. The summed E-state index contributed by atoms with van der Waals surface area (Å²) in [5.41, 5.74) is 0. The summed E-state index contributed by atoms with van der Waals surface area (Å²) in [4.78, 5) is 105. The maximum absolute atomic E-state index is 11.4. The Morgan fingerprint density at radius 1 is 0.868 bits per heavy atom. The average Bonchev–Trinajstić information content (AvgIpc) is 3.37. The molecule has 0 aliphatic carbocycles. The largest absolute Gasteiger partial charge is 0.356 e. The van der Waals surface area contributed by atoms with Gasteiger partial charge in [-0.15, -0.1) is 5.06 Å². The van der Waals surface area contributed by atoms with Crippen LogP contribution in [0, 0.1) is 0 Å². The molecule has 1 saturated heterocycles. The highest BCUT2D eigenvalue weighted by molar-refractivity contribution is 6.12. The molecule has 16 nitrogen and oxygen atoms in total. The van der Waals surface area contributed by atoms with Crippen molar-refractivity contribution in [2.45, 2.75) is 39.0 Å². The second kappa shape index (κ2) is 16.9. The van der Waals surface area contributed by atoms with E-state index in [1.807, 2.05) is 6.92 Å². The minimum absolute atomic E-state index is 0.00150. The number of nitrogens with one attached hydrogen (secondary N) is 4. The Labute approximate surface area is 217 Å². The third-order valence-electron chi connectivity index (χ3n) is 4.70. The van der Waals surface area contributed by atoms with Crippen LogP contribution in [-0.2, 0) is 48.0 Å². The van der Waals surface area contributed by atoms with Crippen LogP contribution in [0.15, 0.2) is 12.2 Å². The minimum Gasteiger partial charge on any atom is -0.356 e. The van der Waals surface area contributed by atoms with Crippen LogP contribution in [0.3, 0.4) is 0 Å². The molecule has 208 valence electrons. The Morgan fingerprint density at radius 3 is 2.05 bits per heavy atom. The lowest BCUT2D eigenvalue weighted by Gasteiger charge is -2.12. The van der Waals surface area contributed by atoms with Crippen LogP contribution >= 0.6 is 0 Å². The zero-order valence-electron chi connectivity index (χ0n) is 20.8. The first-order valence-electron chi connectivity index (χ1n) is 11.7. The van der Waals surface area contributed by atoms with Gasteiger partial charge in [0.2, 0.25) is 24.1 Å². The molecule has 0 saturated carbocycles. The second-order valence-corrected chi connectivity index (χ2v) is 7.64. The predicted octanol–water partition coefficient (Wildman–Crippen LogP) is -3.21. The maximum Gasteiger partial charge on any atom is 0.334 e. The first kappa shape index (κ1) is 31.4. The quantitative estimate of drug-likeness (QED) is 0.128. The van der Waals surface area contributed by atoms with Crippen LogP contribution in [0.5, 0.6) is 0 Å². The molecular formula is C22H30N6O10. The first-order valence-corrected chi connectivity index (χ1v) is 11.7. The fourth-order valence-corrected chi connectivity index (χ4v) is 2.88. The summed E-state index contributed by atoms with van der Waals surface area (Å²) in [7, 11) is 0. The van der Waals surface area contributed by atoms with E-state index in [9.17, 15) is 43.2 Å². The molecule has 2 aliphatic rings. The summed E-state index contributed by atoms with van der Waals surface area (Å²) in [5.74, 6) is -3.74. The lowest BCUT2D eigenvalue weighted by molar-refractivity contribution is -0.197. The minimum atomic E-state index is -0.840. The number of carbonyl (C=O) groups excluding carboxylic acids is 9. The summed E-state index contributed by atoms with van der Waals surface area (Å²) >= 11 is 0.